The molecule has 0 bridgehead atoms. The van der Waals surface area contributed by atoms with Crippen LogP contribution in [0.5, 0.6) is 0 Å². The van der Waals surface area contributed by atoms with Crippen LogP contribution >= 0.6 is 27.7 Å². The standard InChI is InChI=1S/C14H19BrN4S/c1-4-7-16-10(2)11-5-6-13(12(15)8-11)20-14-18-17-9-19(14)3/h5-6,8-10,16H,4,7H2,1-3H3. The van der Waals surface area contributed by atoms with E-state index in [9.17, 15) is 0 Å². The first-order valence-corrected chi connectivity index (χ1v) is 8.27. The zero-order valence-corrected chi connectivity index (χ0v) is 14.3. The van der Waals surface area contributed by atoms with E-state index in [4.69, 9.17) is 0 Å². The average molecular weight is 355 g/mol. The van der Waals surface area contributed by atoms with Crippen molar-refractivity contribution in [1.82, 2.24) is 20.1 Å². The molecule has 6 heteroatoms. The zero-order valence-electron chi connectivity index (χ0n) is 11.9. The first kappa shape index (κ1) is 15.5. The van der Waals surface area contributed by atoms with Crippen LogP contribution in [0.3, 0.4) is 0 Å². The van der Waals surface area contributed by atoms with Crippen molar-refractivity contribution in [3.63, 3.8) is 0 Å². The molecule has 4 nitrogen and oxygen atoms in total. The van der Waals surface area contributed by atoms with Gasteiger partial charge in [0.25, 0.3) is 0 Å². The number of hydrogen-bond donors (Lipinski definition) is 1. The van der Waals surface area contributed by atoms with Crippen LogP contribution in [0.4, 0.5) is 0 Å². The maximum Gasteiger partial charge on any atom is 0.195 e. The van der Waals surface area contributed by atoms with Crippen LogP contribution in [0.15, 0.2) is 39.1 Å². The summed E-state index contributed by atoms with van der Waals surface area (Å²) in [6.07, 6.45) is 2.85. The lowest BCUT2D eigenvalue weighted by Gasteiger charge is -2.15. The SMILES string of the molecule is CCCNC(C)c1ccc(Sc2nncn2C)c(Br)c1. The van der Waals surface area contributed by atoms with E-state index < -0.39 is 0 Å². The zero-order chi connectivity index (χ0) is 14.5. The lowest BCUT2D eigenvalue weighted by Crippen LogP contribution is -2.19. The van der Waals surface area contributed by atoms with Gasteiger partial charge in [0, 0.05) is 22.5 Å². The van der Waals surface area contributed by atoms with Gasteiger partial charge in [0.05, 0.1) is 0 Å². The van der Waals surface area contributed by atoms with Gasteiger partial charge in [-0.3, -0.25) is 0 Å². The molecule has 1 N–H and O–H groups in total. The fourth-order valence-electron chi connectivity index (χ4n) is 1.81. The predicted octanol–water partition coefficient (Wildman–Crippen LogP) is 3.79. The Bertz CT molecular complexity index is 570. The first-order chi connectivity index (χ1) is 9.61. The second-order valence-corrected chi connectivity index (χ2v) is 6.56. The normalized spacial score (nSPS) is 12.6. The van der Waals surface area contributed by atoms with E-state index in [2.05, 4.69) is 63.5 Å². The molecule has 0 aliphatic heterocycles. The number of aromatic nitrogens is 3. The van der Waals surface area contributed by atoms with Crippen molar-refractivity contribution in [2.45, 2.75) is 36.4 Å². The third-order valence-electron chi connectivity index (χ3n) is 3.03. The van der Waals surface area contributed by atoms with E-state index >= 15 is 0 Å². The van der Waals surface area contributed by atoms with Crippen molar-refractivity contribution in [2.75, 3.05) is 6.54 Å². The van der Waals surface area contributed by atoms with Gasteiger partial charge in [0.1, 0.15) is 6.33 Å². The smallest absolute Gasteiger partial charge is 0.195 e. The van der Waals surface area contributed by atoms with Crippen LogP contribution in [-0.4, -0.2) is 21.3 Å². The first-order valence-electron chi connectivity index (χ1n) is 6.66. The van der Waals surface area contributed by atoms with Gasteiger partial charge in [-0.25, -0.2) is 0 Å². The third-order valence-corrected chi connectivity index (χ3v) is 5.07. The maximum atomic E-state index is 4.09. The number of nitrogens with zero attached hydrogens (tertiary/aromatic N) is 3. The minimum absolute atomic E-state index is 0.361. The van der Waals surface area contributed by atoms with E-state index in [1.807, 2.05) is 11.6 Å². The molecule has 108 valence electrons. The van der Waals surface area contributed by atoms with Gasteiger partial charge in [-0.15, -0.1) is 10.2 Å². The number of aryl methyl sites for hydroxylation is 1. The lowest BCUT2D eigenvalue weighted by molar-refractivity contribution is 0.570. The lowest BCUT2D eigenvalue weighted by atomic mass is 10.1. The number of hydrogen-bond acceptors (Lipinski definition) is 4. The molecular weight excluding hydrogens is 336 g/mol. The van der Waals surface area contributed by atoms with E-state index in [-0.39, 0.29) is 0 Å². The largest absolute Gasteiger partial charge is 0.311 e. The highest BCUT2D eigenvalue weighted by Crippen LogP contribution is 2.33. The van der Waals surface area contributed by atoms with Gasteiger partial charge >= 0.3 is 0 Å². The molecule has 1 heterocycles. The molecule has 1 atom stereocenters. The Labute approximate surface area is 132 Å². The van der Waals surface area contributed by atoms with E-state index in [1.165, 1.54) is 5.56 Å². The predicted molar refractivity (Wildman–Crippen MR) is 86.0 cm³/mol. The Balaban J connectivity index is 2.11. The minimum atomic E-state index is 0.361. The molecule has 0 aliphatic rings. The van der Waals surface area contributed by atoms with E-state index in [0.29, 0.717) is 6.04 Å². The summed E-state index contributed by atoms with van der Waals surface area (Å²) in [5.74, 6) is 0. The summed E-state index contributed by atoms with van der Waals surface area (Å²) in [6, 6.07) is 6.83. The van der Waals surface area contributed by atoms with Crippen LogP contribution < -0.4 is 5.32 Å². The van der Waals surface area contributed by atoms with Crippen molar-refractivity contribution in [1.29, 1.82) is 0 Å². The molecule has 1 unspecified atom stereocenters. The van der Waals surface area contributed by atoms with Gasteiger partial charge in [0.15, 0.2) is 5.16 Å². The molecule has 0 radical (unpaired) electrons. The molecule has 1 aromatic carbocycles. The Morgan fingerprint density at radius 2 is 2.25 bits per heavy atom. The van der Waals surface area contributed by atoms with Crippen molar-refractivity contribution < 1.29 is 0 Å². The topological polar surface area (TPSA) is 42.7 Å². The molecule has 0 aliphatic carbocycles. The van der Waals surface area contributed by atoms with Crippen LogP contribution in [0.2, 0.25) is 0 Å². The minimum Gasteiger partial charge on any atom is -0.311 e. The van der Waals surface area contributed by atoms with Crippen molar-refractivity contribution in [3.8, 4) is 0 Å². The van der Waals surface area contributed by atoms with Gasteiger partial charge in [-0.05, 0) is 65.3 Å². The molecule has 0 amide bonds. The van der Waals surface area contributed by atoms with E-state index in [1.54, 1.807) is 18.1 Å². The van der Waals surface area contributed by atoms with Crippen molar-refractivity contribution in [2.24, 2.45) is 7.05 Å². The van der Waals surface area contributed by atoms with Crippen LogP contribution in [0.25, 0.3) is 0 Å². The molecule has 2 aromatic rings. The molecule has 0 spiro atoms. The Hall–Kier alpha value is -0.850. The number of halogens is 1. The van der Waals surface area contributed by atoms with Crippen LogP contribution in [0, 0.1) is 0 Å². The quantitative estimate of drug-likeness (QED) is 0.856. The van der Waals surface area contributed by atoms with E-state index in [0.717, 1.165) is 27.5 Å². The Morgan fingerprint density at radius 1 is 1.45 bits per heavy atom. The summed E-state index contributed by atoms with van der Waals surface area (Å²) < 4.78 is 3.00. The third kappa shape index (κ3) is 3.84. The molecule has 2 rings (SSSR count). The Kier molecular flexibility index (Phi) is 5.63. The summed E-state index contributed by atoms with van der Waals surface area (Å²) in [5.41, 5.74) is 1.28. The molecule has 0 saturated carbocycles. The summed E-state index contributed by atoms with van der Waals surface area (Å²) in [6.45, 7) is 5.40. The van der Waals surface area contributed by atoms with Crippen LogP contribution in [-0.2, 0) is 7.05 Å². The number of benzene rings is 1. The molecule has 1 aromatic heterocycles. The van der Waals surface area contributed by atoms with Gasteiger partial charge in [-0.1, -0.05) is 13.0 Å². The highest BCUT2D eigenvalue weighted by molar-refractivity contribution is 9.10. The van der Waals surface area contributed by atoms with Gasteiger partial charge in [0.2, 0.25) is 0 Å². The highest BCUT2D eigenvalue weighted by Gasteiger charge is 2.10. The molecule has 0 saturated heterocycles. The summed E-state index contributed by atoms with van der Waals surface area (Å²) in [5, 5.41) is 12.4. The van der Waals surface area contributed by atoms with Crippen molar-refractivity contribution in [3.05, 3.63) is 34.6 Å². The average Bonchev–Trinajstić information content (AvgIpc) is 2.84. The molecule has 0 fully saturated rings. The fraction of sp³-hybridized carbons (Fsp3) is 0.429. The second kappa shape index (κ2) is 7.24. The highest BCUT2D eigenvalue weighted by atomic mass is 79.9. The van der Waals surface area contributed by atoms with Crippen LogP contribution in [0.1, 0.15) is 31.9 Å². The summed E-state index contributed by atoms with van der Waals surface area (Å²) in [4.78, 5) is 1.15. The monoisotopic (exact) mass is 354 g/mol. The number of rotatable bonds is 6. The van der Waals surface area contributed by atoms with Crippen molar-refractivity contribution >= 4 is 27.7 Å². The van der Waals surface area contributed by atoms with Gasteiger partial charge < -0.3 is 9.88 Å². The summed E-state index contributed by atoms with van der Waals surface area (Å²) >= 11 is 5.26. The van der Waals surface area contributed by atoms with Gasteiger partial charge in [-0.2, -0.15) is 0 Å². The summed E-state index contributed by atoms with van der Waals surface area (Å²) in [7, 11) is 1.95. The maximum absolute atomic E-state index is 4.09. The molecule has 20 heavy (non-hydrogen) atoms. The Morgan fingerprint density at radius 3 is 2.85 bits per heavy atom. The molecular formula is C14H19BrN4S. The second-order valence-electron chi connectivity index (χ2n) is 4.69. The fourth-order valence-corrected chi connectivity index (χ4v) is 3.22. The number of nitrogens with one attached hydrogen (secondary N) is 1.